The molecule has 10 nitrogen and oxygen atoms in total. The molecule has 0 atom stereocenters. The fraction of sp³-hybridized carbons (Fsp3) is 0.450. The quantitative estimate of drug-likeness (QED) is 0.629. The van der Waals surface area contributed by atoms with Crippen LogP contribution in [0.25, 0.3) is 17.3 Å². The van der Waals surface area contributed by atoms with Gasteiger partial charge in [0.2, 0.25) is 11.9 Å². The van der Waals surface area contributed by atoms with Crippen LogP contribution in [0, 0.1) is 6.92 Å². The second-order valence-electron chi connectivity index (χ2n) is 7.18. The molecule has 0 unspecified atom stereocenters. The Morgan fingerprint density at radius 3 is 2.00 bits per heavy atom. The fourth-order valence-electron chi connectivity index (χ4n) is 3.58. The molecule has 0 spiro atoms. The molecule has 2 fully saturated rings. The van der Waals surface area contributed by atoms with Crippen molar-refractivity contribution in [2.75, 3.05) is 62.4 Å². The van der Waals surface area contributed by atoms with Gasteiger partial charge in [-0.3, -0.25) is 4.57 Å². The maximum absolute atomic E-state index is 5.49. The van der Waals surface area contributed by atoms with Crippen LogP contribution in [0.1, 0.15) is 5.82 Å². The molecule has 30 heavy (non-hydrogen) atoms. The van der Waals surface area contributed by atoms with E-state index in [0.29, 0.717) is 49.8 Å². The molecule has 0 amide bonds. The number of morpholine rings is 2. The van der Waals surface area contributed by atoms with Crippen molar-refractivity contribution in [3.05, 3.63) is 36.4 Å². The lowest BCUT2D eigenvalue weighted by Gasteiger charge is -2.30. The summed E-state index contributed by atoms with van der Waals surface area (Å²) in [5, 5.41) is 0. The van der Waals surface area contributed by atoms with Crippen LogP contribution in [-0.4, -0.2) is 82.1 Å². The van der Waals surface area contributed by atoms with Gasteiger partial charge in [0, 0.05) is 38.6 Å². The third-order valence-corrected chi connectivity index (χ3v) is 5.24. The molecular weight excluding hydrogens is 384 g/mol. The van der Waals surface area contributed by atoms with Crippen molar-refractivity contribution in [1.82, 2.24) is 29.5 Å². The van der Waals surface area contributed by atoms with Gasteiger partial charge in [-0.15, -0.1) is 0 Å². The van der Waals surface area contributed by atoms with Gasteiger partial charge in [0.25, 0.3) is 0 Å². The molecular formula is C20H24N8O2. The predicted molar refractivity (Wildman–Crippen MR) is 111 cm³/mol. The maximum Gasteiger partial charge on any atom is 0.230 e. The first-order valence-electron chi connectivity index (χ1n) is 10.2. The lowest BCUT2D eigenvalue weighted by molar-refractivity contribution is 0.121. The first-order valence-corrected chi connectivity index (χ1v) is 10.2. The van der Waals surface area contributed by atoms with Gasteiger partial charge in [0.15, 0.2) is 5.82 Å². The molecule has 2 aliphatic heterocycles. The molecule has 0 aromatic carbocycles. The molecule has 10 heteroatoms. The van der Waals surface area contributed by atoms with Gasteiger partial charge in [-0.2, -0.15) is 15.0 Å². The summed E-state index contributed by atoms with van der Waals surface area (Å²) < 4.78 is 12.9. The summed E-state index contributed by atoms with van der Waals surface area (Å²) in [5.41, 5.74) is 0.701. The standard InChI is InChI=1S/C20H24N8O2/c1-15-21-5-6-28(15)17-4-2-3-16(22-17)18-23-19(26-7-11-29-12-8-26)25-20(24-18)27-9-13-30-14-10-27/h2-6H,7-14H2,1H3. The van der Waals surface area contributed by atoms with Crippen LogP contribution in [0.2, 0.25) is 0 Å². The summed E-state index contributed by atoms with van der Waals surface area (Å²) in [6, 6.07) is 5.84. The Balaban J connectivity index is 1.55. The van der Waals surface area contributed by atoms with E-state index >= 15 is 0 Å². The molecule has 5 rings (SSSR count). The third kappa shape index (κ3) is 3.83. The van der Waals surface area contributed by atoms with E-state index in [1.165, 1.54) is 0 Å². The normalized spacial score (nSPS) is 17.4. The largest absolute Gasteiger partial charge is 0.378 e. The molecule has 0 N–H and O–H groups in total. The molecule has 0 aliphatic carbocycles. The van der Waals surface area contributed by atoms with Crippen LogP contribution in [0.5, 0.6) is 0 Å². The number of ether oxygens (including phenoxy) is 2. The first kappa shape index (κ1) is 18.9. The highest BCUT2D eigenvalue weighted by Gasteiger charge is 2.21. The van der Waals surface area contributed by atoms with Gasteiger partial charge in [0.1, 0.15) is 17.3 Å². The number of pyridine rings is 1. The summed E-state index contributed by atoms with van der Waals surface area (Å²) >= 11 is 0. The van der Waals surface area contributed by atoms with Gasteiger partial charge in [-0.1, -0.05) is 6.07 Å². The van der Waals surface area contributed by atoms with Gasteiger partial charge >= 0.3 is 0 Å². The van der Waals surface area contributed by atoms with Crippen molar-refractivity contribution >= 4 is 11.9 Å². The second-order valence-corrected chi connectivity index (χ2v) is 7.18. The Morgan fingerprint density at radius 2 is 1.43 bits per heavy atom. The van der Waals surface area contributed by atoms with Crippen molar-refractivity contribution in [2.24, 2.45) is 0 Å². The van der Waals surface area contributed by atoms with Crippen molar-refractivity contribution in [1.29, 1.82) is 0 Å². The smallest absolute Gasteiger partial charge is 0.230 e. The number of nitrogens with zero attached hydrogens (tertiary/aromatic N) is 8. The SMILES string of the molecule is Cc1nccn1-c1cccc(-c2nc(N3CCOCC3)nc(N3CCOCC3)n2)n1. The minimum atomic E-state index is 0.563. The summed E-state index contributed by atoms with van der Waals surface area (Å²) in [6.07, 6.45) is 3.66. The van der Waals surface area contributed by atoms with Gasteiger partial charge in [0.05, 0.1) is 26.4 Å². The highest BCUT2D eigenvalue weighted by molar-refractivity contribution is 5.56. The van der Waals surface area contributed by atoms with E-state index in [1.54, 1.807) is 6.20 Å². The topological polar surface area (TPSA) is 94.3 Å². The molecule has 3 aromatic rings. The molecule has 0 saturated carbocycles. The number of anilines is 2. The van der Waals surface area contributed by atoms with E-state index in [-0.39, 0.29) is 0 Å². The highest BCUT2D eigenvalue weighted by atomic mass is 16.5. The van der Waals surface area contributed by atoms with Crippen molar-refractivity contribution < 1.29 is 9.47 Å². The zero-order valence-corrected chi connectivity index (χ0v) is 16.9. The second kappa shape index (κ2) is 8.33. The molecule has 3 aromatic heterocycles. The fourth-order valence-corrected chi connectivity index (χ4v) is 3.58. The van der Waals surface area contributed by atoms with E-state index in [9.17, 15) is 0 Å². The van der Waals surface area contributed by atoms with Crippen molar-refractivity contribution in [3.63, 3.8) is 0 Å². The molecule has 0 radical (unpaired) electrons. The van der Waals surface area contributed by atoms with Gasteiger partial charge in [-0.25, -0.2) is 9.97 Å². The summed E-state index contributed by atoms with van der Waals surface area (Å²) in [5.74, 6) is 3.54. The van der Waals surface area contributed by atoms with Gasteiger partial charge < -0.3 is 19.3 Å². The van der Waals surface area contributed by atoms with Crippen LogP contribution >= 0.6 is 0 Å². The minimum absolute atomic E-state index is 0.563. The third-order valence-electron chi connectivity index (χ3n) is 5.24. The Hall–Kier alpha value is -3.11. The van der Waals surface area contributed by atoms with Crippen molar-refractivity contribution in [2.45, 2.75) is 6.92 Å². The average Bonchev–Trinajstić information content (AvgIpc) is 3.26. The number of aromatic nitrogens is 6. The Kier molecular flexibility index (Phi) is 5.24. The predicted octanol–water partition coefficient (Wildman–Crippen LogP) is 1.10. The van der Waals surface area contributed by atoms with E-state index in [1.807, 2.05) is 35.9 Å². The lowest BCUT2D eigenvalue weighted by Crippen LogP contribution is -2.40. The van der Waals surface area contributed by atoms with Crippen molar-refractivity contribution in [3.8, 4) is 17.3 Å². The Labute approximate surface area is 174 Å². The molecule has 2 saturated heterocycles. The maximum atomic E-state index is 5.49. The van der Waals surface area contributed by atoms with Crippen LogP contribution < -0.4 is 9.80 Å². The van der Waals surface area contributed by atoms with Crippen LogP contribution in [-0.2, 0) is 9.47 Å². The van der Waals surface area contributed by atoms with E-state index < -0.39 is 0 Å². The van der Waals surface area contributed by atoms with Gasteiger partial charge in [-0.05, 0) is 19.1 Å². The molecule has 2 aliphatic rings. The van der Waals surface area contributed by atoms with E-state index in [4.69, 9.17) is 29.4 Å². The monoisotopic (exact) mass is 408 g/mol. The number of aryl methyl sites for hydroxylation is 1. The molecule has 156 valence electrons. The average molecular weight is 408 g/mol. The number of hydrogen-bond donors (Lipinski definition) is 0. The molecule has 5 heterocycles. The molecule has 0 bridgehead atoms. The Bertz CT molecular complexity index is 975. The lowest BCUT2D eigenvalue weighted by atomic mass is 10.3. The van der Waals surface area contributed by atoms with Crippen LogP contribution in [0.3, 0.4) is 0 Å². The first-order chi connectivity index (χ1) is 14.8. The summed E-state index contributed by atoms with van der Waals surface area (Å²) in [4.78, 5) is 27.7. The zero-order chi connectivity index (χ0) is 20.3. The minimum Gasteiger partial charge on any atom is -0.378 e. The zero-order valence-electron chi connectivity index (χ0n) is 16.9. The highest BCUT2D eigenvalue weighted by Crippen LogP contribution is 2.22. The van der Waals surface area contributed by atoms with E-state index in [0.717, 1.165) is 37.8 Å². The summed E-state index contributed by atoms with van der Waals surface area (Å²) in [6.45, 7) is 7.65. The van der Waals surface area contributed by atoms with Crippen LogP contribution in [0.15, 0.2) is 30.6 Å². The number of rotatable bonds is 4. The number of imidazole rings is 1. The summed E-state index contributed by atoms with van der Waals surface area (Å²) in [7, 11) is 0. The Morgan fingerprint density at radius 1 is 0.800 bits per heavy atom. The number of hydrogen-bond acceptors (Lipinski definition) is 9. The van der Waals surface area contributed by atoms with E-state index in [2.05, 4.69) is 14.8 Å². The van der Waals surface area contributed by atoms with Crippen LogP contribution in [0.4, 0.5) is 11.9 Å².